The Bertz CT molecular complexity index is 429. The highest BCUT2D eigenvalue weighted by Crippen LogP contribution is 2.20. The Kier molecular flexibility index (Phi) is 1.43. The zero-order valence-electron chi connectivity index (χ0n) is 7.11. The molecule has 2 heteroatoms. The molecule has 2 rings (SSSR count). The van der Waals surface area contributed by atoms with Crippen LogP contribution in [0.3, 0.4) is 0 Å². The number of halogens is 1. The number of hydrogen-bond acceptors (Lipinski definition) is 0. The Labute approximate surface area is 70.2 Å². The molecule has 0 aliphatic rings. The highest BCUT2D eigenvalue weighted by Gasteiger charge is 2.03. The fourth-order valence-electron chi connectivity index (χ4n) is 1.39. The van der Waals surface area contributed by atoms with Gasteiger partial charge < -0.3 is 4.98 Å². The molecule has 0 aliphatic carbocycles. The molecule has 1 N–H and O–H groups in total. The van der Waals surface area contributed by atoms with E-state index in [0.717, 1.165) is 16.5 Å². The first kappa shape index (κ1) is 7.35. The van der Waals surface area contributed by atoms with Crippen molar-refractivity contribution in [3.8, 4) is 0 Å². The molecule has 0 radical (unpaired) electrons. The van der Waals surface area contributed by atoms with Gasteiger partial charge in [0.1, 0.15) is 5.82 Å². The SMILES string of the molecule is Cc1cc2c(C)c[nH]c2cc1F. The minimum atomic E-state index is -0.149. The van der Waals surface area contributed by atoms with Crippen LogP contribution in [0.25, 0.3) is 10.9 Å². The van der Waals surface area contributed by atoms with E-state index in [0.29, 0.717) is 5.56 Å². The summed E-state index contributed by atoms with van der Waals surface area (Å²) in [6.45, 7) is 3.79. The molecule has 2 aromatic rings. The van der Waals surface area contributed by atoms with Crippen molar-refractivity contribution in [1.29, 1.82) is 0 Å². The lowest BCUT2D eigenvalue weighted by Crippen LogP contribution is -1.81. The van der Waals surface area contributed by atoms with Gasteiger partial charge in [0, 0.05) is 17.1 Å². The molecule has 12 heavy (non-hydrogen) atoms. The van der Waals surface area contributed by atoms with Crippen LogP contribution in [-0.4, -0.2) is 4.98 Å². The van der Waals surface area contributed by atoms with E-state index in [1.165, 1.54) is 6.07 Å². The average molecular weight is 163 g/mol. The van der Waals surface area contributed by atoms with Crippen LogP contribution >= 0.6 is 0 Å². The van der Waals surface area contributed by atoms with Crippen molar-refractivity contribution in [2.75, 3.05) is 0 Å². The maximum atomic E-state index is 13.0. The second-order valence-corrected chi connectivity index (χ2v) is 3.12. The quantitative estimate of drug-likeness (QED) is 0.614. The van der Waals surface area contributed by atoms with E-state index in [1.807, 2.05) is 19.2 Å². The minimum absolute atomic E-state index is 0.149. The van der Waals surface area contributed by atoms with Crippen molar-refractivity contribution >= 4 is 10.9 Å². The van der Waals surface area contributed by atoms with Gasteiger partial charge in [0.15, 0.2) is 0 Å². The number of fused-ring (bicyclic) bond motifs is 1. The second kappa shape index (κ2) is 2.34. The summed E-state index contributed by atoms with van der Waals surface area (Å²) in [5, 5.41) is 1.11. The summed E-state index contributed by atoms with van der Waals surface area (Å²) in [6, 6.07) is 3.41. The second-order valence-electron chi connectivity index (χ2n) is 3.12. The van der Waals surface area contributed by atoms with Crippen LogP contribution in [0.4, 0.5) is 4.39 Å². The van der Waals surface area contributed by atoms with Gasteiger partial charge in [0.05, 0.1) is 0 Å². The summed E-state index contributed by atoms with van der Waals surface area (Å²) >= 11 is 0. The predicted octanol–water partition coefficient (Wildman–Crippen LogP) is 2.92. The fourth-order valence-corrected chi connectivity index (χ4v) is 1.39. The Hall–Kier alpha value is -1.31. The Balaban J connectivity index is 2.87. The molecule has 62 valence electrons. The minimum Gasteiger partial charge on any atom is -0.361 e. The predicted molar refractivity (Wildman–Crippen MR) is 47.7 cm³/mol. The first-order valence-electron chi connectivity index (χ1n) is 3.92. The summed E-state index contributed by atoms with van der Waals surface area (Å²) in [5.41, 5.74) is 2.73. The highest BCUT2D eigenvalue weighted by atomic mass is 19.1. The third kappa shape index (κ3) is 0.916. The number of hydrogen-bond donors (Lipinski definition) is 1. The molecule has 1 heterocycles. The summed E-state index contributed by atoms with van der Waals surface area (Å²) in [7, 11) is 0. The van der Waals surface area contributed by atoms with Gasteiger partial charge in [-0.3, -0.25) is 0 Å². The number of aryl methyl sites for hydroxylation is 2. The molecule has 0 spiro atoms. The molecular formula is C10H10FN. The van der Waals surface area contributed by atoms with Crippen LogP contribution in [0.1, 0.15) is 11.1 Å². The van der Waals surface area contributed by atoms with E-state index < -0.39 is 0 Å². The maximum absolute atomic E-state index is 13.0. The average Bonchev–Trinajstić information content (AvgIpc) is 2.35. The third-order valence-electron chi connectivity index (χ3n) is 2.17. The van der Waals surface area contributed by atoms with Gasteiger partial charge >= 0.3 is 0 Å². The Morgan fingerprint density at radius 3 is 2.67 bits per heavy atom. The molecule has 1 nitrogen and oxygen atoms in total. The van der Waals surface area contributed by atoms with E-state index in [1.54, 1.807) is 6.92 Å². The van der Waals surface area contributed by atoms with Crippen molar-refractivity contribution in [2.24, 2.45) is 0 Å². The molecule has 0 aliphatic heterocycles. The number of rotatable bonds is 0. The molecule has 0 saturated carbocycles. The normalized spacial score (nSPS) is 10.9. The number of benzene rings is 1. The van der Waals surface area contributed by atoms with Gasteiger partial charge in [-0.15, -0.1) is 0 Å². The lowest BCUT2D eigenvalue weighted by molar-refractivity contribution is 0.620. The Morgan fingerprint density at radius 1 is 1.17 bits per heavy atom. The number of H-pyrrole nitrogens is 1. The van der Waals surface area contributed by atoms with Crippen LogP contribution in [0.5, 0.6) is 0 Å². The largest absolute Gasteiger partial charge is 0.361 e. The molecule has 1 aromatic carbocycles. The van der Waals surface area contributed by atoms with Crippen LogP contribution in [0, 0.1) is 19.7 Å². The molecule has 0 fully saturated rings. The molecule has 0 saturated heterocycles. The summed E-state index contributed by atoms with van der Waals surface area (Å²) in [5.74, 6) is -0.149. The van der Waals surface area contributed by atoms with Crippen LogP contribution in [0.15, 0.2) is 18.3 Å². The summed E-state index contributed by atoms with van der Waals surface area (Å²) < 4.78 is 13.0. The standard InChI is InChI=1S/C10H10FN/c1-6-3-8-7(2)5-12-10(8)4-9(6)11/h3-5,12H,1-2H3. The first-order valence-corrected chi connectivity index (χ1v) is 3.92. The summed E-state index contributed by atoms with van der Waals surface area (Å²) in [4.78, 5) is 3.02. The van der Waals surface area contributed by atoms with Crippen molar-refractivity contribution < 1.29 is 4.39 Å². The van der Waals surface area contributed by atoms with E-state index in [9.17, 15) is 4.39 Å². The third-order valence-corrected chi connectivity index (χ3v) is 2.17. The van der Waals surface area contributed by atoms with Gasteiger partial charge in [-0.1, -0.05) is 0 Å². The van der Waals surface area contributed by atoms with Crippen LogP contribution in [-0.2, 0) is 0 Å². The highest BCUT2D eigenvalue weighted by molar-refractivity contribution is 5.83. The molecule has 0 amide bonds. The van der Waals surface area contributed by atoms with Crippen molar-refractivity contribution in [1.82, 2.24) is 4.98 Å². The maximum Gasteiger partial charge on any atom is 0.128 e. The van der Waals surface area contributed by atoms with Crippen molar-refractivity contribution in [3.05, 3.63) is 35.3 Å². The van der Waals surface area contributed by atoms with Crippen LogP contribution < -0.4 is 0 Å². The van der Waals surface area contributed by atoms with Gasteiger partial charge in [-0.05, 0) is 37.1 Å². The van der Waals surface area contributed by atoms with Gasteiger partial charge in [-0.25, -0.2) is 4.39 Å². The Morgan fingerprint density at radius 2 is 1.92 bits per heavy atom. The topological polar surface area (TPSA) is 15.8 Å². The lowest BCUT2D eigenvalue weighted by Gasteiger charge is -1.96. The molecule has 0 atom stereocenters. The summed E-state index contributed by atoms with van der Waals surface area (Å²) in [6.07, 6.45) is 1.89. The first-order chi connectivity index (χ1) is 5.68. The smallest absolute Gasteiger partial charge is 0.128 e. The number of aromatic amines is 1. The van der Waals surface area contributed by atoms with Gasteiger partial charge in [-0.2, -0.15) is 0 Å². The fraction of sp³-hybridized carbons (Fsp3) is 0.200. The van der Waals surface area contributed by atoms with E-state index in [4.69, 9.17) is 0 Å². The van der Waals surface area contributed by atoms with Crippen molar-refractivity contribution in [2.45, 2.75) is 13.8 Å². The molecule has 0 unspecified atom stereocenters. The number of nitrogens with one attached hydrogen (secondary N) is 1. The van der Waals surface area contributed by atoms with E-state index >= 15 is 0 Å². The zero-order chi connectivity index (χ0) is 8.72. The number of aromatic nitrogens is 1. The molecule has 0 bridgehead atoms. The molecule has 1 aromatic heterocycles. The monoisotopic (exact) mass is 163 g/mol. The van der Waals surface area contributed by atoms with Crippen LogP contribution in [0.2, 0.25) is 0 Å². The lowest BCUT2D eigenvalue weighted by atomic mass is 10.1. The van der Waals surface area contributed by atoms with Crippen molar-refractivity contribution in [3.63, 3.8) is 0 Å². The van der Waals surface area contributed by atoms with E-state index in [2.05, 4.69) is 4.98 Å². The van der Waals surface area contributed by atoms with Gasteiger partial charge in [0.25, 0.3) is 0 Å². The molecular weight excluding hydrogens is 153 g/mol. The van der Waals surface area contributed by atoms with E-state index in [-0.39, 0.29) is 5.82 Å². The van der Waals surface area contributed by atoms with Gasteiger partial charge in [0.2, 0.25) is 0 Å². The zero-order valence-corrected chi connectivity index (χ0v) is 7.11.